The second-order valence-corrected chi connectivity index (χ2v) is 4.33. The van der Waals surface area contributed by atoms with Crippen molar-refractivity contribution in [2.75, 3.05) is 6.61 Å². The Hall–Kier alpha value is -0.120. The molecule has 2 atom stereocenters. The molecule has 0 aromatic heterocycles. The van der Waals surface area contributed by atoms with Gasteiger partial charge in [-0.05, 0) is 26.7 Å². The molecule has 1 aliphatic carbocycles. The summed E-state index contributed by atoms with van der Waals surface area (Å²) in [6.07, 6.45) is 4.01. The van der Waals surface area contributed by atoms with E-state index in [0.29, 0.717) is 6.61 Å². The van der Waals surface area contributed by atoms with Crippen LogP contribution in [0.4, 0.5) is 0 Å². The lowest BCUT2D eigenvalue weighted by Crippen LogP contribution is -2.43. The van der Waals surface area contributed by atoms with Crippen LogP contribution in [0.1, 0.15) is 39.5 Å². The molecular weight excluding hydrogens is 166 g/mol. The van der Waals surface area contributed by atoms with Gasteiger partial charge < -0.3 is 15.6 Å². The molecular formula is C10H21NO2. The Labute approximate surface area is 80.3 Å². The molecule has 3 heteroatoms. The molecule has 0 aromatic rings. The molecule has 78 valence electrons. The molecule has 0 heterocycles. The first-order valence-corrected chi connectivity index (χ1v) is 5.12. The quantitative estimate of drug-likeness (QED) is 0.691. The number of nitrogens with two attached hydrogens (primary N) is 1. The summed E-state index contributed by atoms with van der Waals surface area (Å²) < 4.78 is 5.52. The Morgan fingerprint density at radius 3 is 2.38 bits per heavy atom. The Bertz CT molecular complexity index is 153. The average Bonchev–Trinajstić information content (AvgIpc) is 2.48. The van der Waals surface area contributed by atoms with Gasteiger partial charge in [0.25, 0.3) is 0 Å². The van der Waals surface area contributed by atoms with E-state index < -0.39 is 6.10 Å². The molecule has 0 saturated heterocycles. The van der Waals surface area contributed by atoms with E-state index in [2.05, 4.69) is 0 Å². The number of rotatable bonds is 4. The van der Waals surface area contributed by atoms with Gasteiger partial charge in [-0.2, -0.15) is 0 Å². The summed E-state index contributed by atoms with van der Waals surface area (Å²) in [6, 6.07) is 0. The van der Waals surface area contributed by atoms with Gasteiger partial charge >= 0.3 is 0 Å². The molecule has 2 unspecified atom stereocenters. The first kappa shape index (κ1) is 11.0. The van der Waals surface area contributed by atoms with E-state index in [9.17, 15) is 5.11 Å². The number of aliphatic hydroxyl groups excluding tert-OH is 1. The maximum absolute atomic E-state index is 9.21. The monoisotopic (exact) mass is 187 g/mol. The van der Waals surface area contributed by atoms with Gasteiger partial charge in [-0.1, -0.05) is 12.8 Å². The van der Waals surface area contributed by atoms with Gasteiger partial charge in [0.1, 0.15) is 0 Å². The van der Waals surface area contributed by atoms with Crippen LogP contribution in [0.2, 0.25) is 0 Å². The van der Waals surface area contributed by atoms with E-state index in [4.69, 9.17) is 10.5 Å². The van der Waals surface area contributed by atoms with Crippen molar-refractivity contribution >= 4 is 0 Å². The van der Waals surface area contributed by atoms with Crippen LogP contribution in [0.5, 0.6) is 0 Å². The van der Waals surface area contributed by atoms with Crippen LogP contribution in [0, 0.1) is 0 Å². The summed E-state index contributed by atoms with van der Waals surface area (Å²) >= 11 is 0. The van der Waals surface area contributed by atoms with Crippen molar-refractivity contribution in [2.24, 2.45) is 5.73 Å². The minimum absolute atomic E-state index is 0.110. The zero-order chi connectivity index (χ0) is 9.90. The molecule has 13 heavy (non-hydrogen) atoms. The van der Waals surface area contributed by atoms with Gasteiger partial charge in [0.2, 0.25) is 0 Å². The number of aliphatic hydroxyl groups is 1. The lowest BCUT2D eigenvalue weighted by atomic mass is 10.0. The SMILES string of the molecule is CC(O)C(C)OCC1(N)CCCC1. The summed E-state index contributed by atoms with van der Waals surface area (Å²) in [7, 11) is 0. The Morgan fingerprint density at radius 1 is 1.38 bits per heavy atom. The van der Waals surface area contributed by atoms with Crippen LogP contribution in [-0.4, -0.2) is 29.5 Å². The summed E-state index contributed by atoms with van der Waals surface area (Å²) in [4.78, 5) is 0. The fourth-order valence-electron chi connectivity index (χ4n) is 1.66. The van der Waals surface area contributed by atoms with Crippen LogP contribution in [0.3, 0.4) is 0 Å². The largest absolute Gasteiger partial charge is 0.391 e. The van der Waals surface area contributed by atoms with Gasteiger partial charge in [-0.15, -0.1) is 0 Å². The number of hydrogen-bond acceptors (Lipinski definition) is 3. The number of hydrogen-bond donors (Lipinski definition) is 2. The zero-order valence-corrected chi connectivity index (χ0v) is 8.62. The van der Waals surface area contributed by atoms with Crippen molar-refractivity contribution in [1.82, 2.24) is 0 Å². The molecule has 0 aliphatic heterocycles. The highest BCUT2D eigenvalue weighted by atomic mass is 16.5. The highest BCUT2D eigenvalue weighted by Crippen LogP contribution is 2.27. The number of ether oxygens (including phenoxy) is 1. The molecule has 0 amide bonds. The molecule has 0 aromatic carbocycles. The van der Waals surface area contributed by atoms with Gasteiger partial charge in [-0.3, -0.25) is 0 Å². The minimum Gasteiger partial charge on any atom is -0.391 e. The molecule has 3 N–H and O–H groups in total. The van der Waals surface area contributed by atoms with Crippen molar-refractivity contribution in [3.8, 4) is 0 Å². The molecule has 0 radical (unpaired) electrons. The standard InChI is InChI=1S/C10H21NO2/c1-8(12)9(2)13-7-10(11)5-3-4-6-10/h8-9,12H,3-7,11H2,1-2H3. The predicted molar refractivity (Wildman–Crippen MR) is 52.5 cm³/mol. The van der Waals surface area contributed by atoms with Gasteiger partial charge in [0.05, 0.1) is 18.8 Å². The topological polar surface area (TPSA) is 55.5 Å². The Balaban J connectivity index is 2.24. The summed E-state index contributed by atoms with van der Waals surface area (Å²) in [5, 5.41) is 9.21. The van der Waals surface area contributed by atoms with Gasteiger partial charge in [-0.25, -0.2) is 0 Å². The van der Waals surface area contributed by atoms with Crippen LogP contribution < -0.4 is 5.73 Å². The van der Waals surface area contributed by atoms with E-state index in [1.807, 2.05) is 6.92 Å². The highest BCUT2D eigenvalue weighted by Gasteiger charge is 2.30. The maximum atomic E-state index is 9.21. The third kappa shape index (κ3) is 3.25. The van der Waals surface area contributed by atoms with Crippen LogP contribution in [-0.2, 0) is 4.74 Å². The molecule has 1 saturated carbocycles. The predicted octanol–water partition coefficient (Wildman–Crippen LogP) is 1.04. The first-order chi connectivity index (χ1) is 6.03. The van der Waals surface area contributed by atoms with Crippen LogP contribution >= 0.6 is 0 Å². The van der Waals surface area contributed by atoms with Crippen LogP contribution in [0.15, 0.2) is 0 Å². The third-order valence-electron chi connectivity index (χ3n) is 2.91. The normalized spacial score (nSPS) is 25.8. The first-order valence-electron chi connectivity index (χ1n) is 5.12. The van der Waals surface area contributed by atoms with E-state index in [1.165, 1.54) is 12.8 Å². The fourth-order valence-corrected chi connectivity index (χ4v) is 1.66. The highest BCUT2D eigenvalue weighted by molar-refractivity contribution is 4.89. The lowest BCUT2D eigenvalue weighted by Gasteiger charge is -2.26. The van der Waals surface area contributed by atoms with E-state index in [-0.39, 0.29) is 11.6 Å². The van der Waals surface area contributed by atoms with Crippen molar-refractivity contribution in [3.63, 3.8) is 0 Å². The average molecular weight is 187 g/mol. The van der Waals surface area contributed by atoms with Crippen molar-refractivity contribution in [1.29, 1.82) is 0 Å². The molecule has 1 fully saturated rings. The van der Waals surface area contributed by atoms with Crippen molar-refractivity contribution < 1.29 is 9.84 Å². The Morgan fingerprint density at radius 2 is 1.92 bits per heavy atom. The second-order valence-electron chi connectivity index (χ2n) is 4.33. The molecule has 0 spiro atoms. The minimum atomic E-state index is -0.412. The van der Waals surface area contributed by atoms with Crippen molar-refractivity contribution in [2.45, 2.75) is 57.3 Å². The molecule has 3 nitrogen and oxygen atoms in total. The van der Waals surface area contributed by atoms with Crippen molar-refractivity contribution in [3.05, 3.63) is 0 Å². The summed E-state index contributed by atoms with van der Waals surface area (Å²) in [5.74, 6) is 0. The van der Waals surface area contributed by atoms with E-state index >= 15 is 0 Å². The van der Waals surface area contributed by atoms with Crippen LogP contribution in [0.25, 0.3) is 0 Å². The molecule has 0 bridgehead atoms. The van der Waals surface area contributed by atoms with E-state index in [1.54, 1.807) is 6.92 Å². The maximum Gasteiger partial charge on any atom is 0.0804 e. The smallest absolute Gasteiger partial charge is 0.0804 e. The van der Waals surface area contributed by atoms with Gasteiger partial charge in [0, 0.05) is 5.54 Å². The Kier molecular flexibility index (Phi) is 3.71. The summed E-state index contributed by atoms with van der Waals surface area (Å²) in [5.41, 5.74) is 5.98. The third-order valence-corrected chi connectivity index (χ3v) is 2.91. The fraction of sp³-hybridized carbons (Fsp3) is 1.00. The second kappa shape index (κ2) is 4.40. The zero-order valence-electron chi connectivity index (χ0n) is 8.62. The van der Waals surface area contributed by atoms with E-state index in [0.717, 1.165) is 12.8 Å². The molecule has 1 aliphatic rings. The van der Waals surface area contributed by atoms with Gasteiger partial charge in [0.15, 0.2) is 0 Å². The molecule has 1 rings (SSSR count). The summed E-state index contributed by atoms with van der Waals surface area (Å²) in [6.45, 7) is 4.20. The lowest BCUT2D eigenvalue weighted by molar-refractivity contribution is -0.0361.